The maximum absolute atomic E-state index is 13.2. The van der Waals surface area contributed by atoms with Crippen LogP contribution in [0.1, 0.15) is 38.3 Å². The first-order chi connectivity index (χ1) is 11.8. The molecule has 1 atom stereocenters. The fraction of sp³-hybridized carbons (Fsp3) is 0.444. The molecule has 25 heavy (non-hydrogen) atoms. The van der Waals surface area contributed by atoms with E-state index in [1.54, 1.807) is 11.8 Å². The Balaban J connectivity index is 2.51. The van der Waals surface area contributed by atoms with Crippen LogP contribution in [0.5, 0.6) is 5.88 Å². The van der Waals surface area contributed by atoms with E-state index in [9.17, 15) is 13.2 Å². The molecule has 0 fully saturated rings. The van der Waals surface area contributed by atoms with E-state index in [1.165, 1.54) is 0 Å². The van der Waals surface area contributed by atoms with E-state index in [-0.39, 0.29) is 12.1 Å². The van der Waals surface area contributed by atoms with Gasteiger partial charge in [-0.05, 0) is 38.8 Å². The van der Waals surface area contributed by atoms with Gasteiger partial charge in [0.1, 0.15) is 5.56 Å². The highest BCUT2D eigenvalue weighted by atomic mass is 19.4. The van der Waals surface area contributed by atoms with Gasteiger partial charge in [-0.15, -0.1) is 0 Å². The van der Waals surface area contributed by atoms with Crippen LogP contribution in [0.25, 0.3) is 0 Å². The number of hydrogen-bond donors (Lipinski definition) is 0. The molecule has 0 amide bonds. The minimum Gasteiger partial charge on any atom is -0.474 e. The van der Waals surface area contributed by atoms with Crippen molar-refractivity contribution in [3.63, 3.8) is 0 Å². The molecule has 0 bridgehead atoms. The molecule has 0 N–H and O–H groups in total. The molecule has 1 aromatic heterocycles. The molecular formula is C18H22F3N3O. The molecule has 0 aliphatic heterocycles. The normalized spacial score (nSPS) is 12.8. The largest absolute Gasteiger partial charge is 0.474 e. The second-order valence-electron chi connectivity index (χ2n) is 5.75. The van der Waals surface area contributed by atoms with Gasteiger partial charge in [0.2, 0.25) is 11.8 Å². The van der Waals surface area contributed by atoms with Crippen molar-refractivity contribution >= 4 is 11.6 Å². The number of alkyl halides is 3. The highest BCUT2D eigenvalue weighted by Crippen LogP contribution is 2.37. The Morgan fingerprint density at radius 1 is 1.20 bits per heavy atom. The summed E-state index contributed by atoms with van der Waals surface area (Å²) in [6.45, 7) is 7.88. The molecule has 0 saturated heterocycles. The number of para-hydroxylation sites is 1. The average molecular weight is 353 g/mol. The first-order valence-electron chi connectivity index (χ1n) is 8.22. The predicted molar refractivity (Wildman–Crippen MR) is 91.3 cm³/mol. The van der Waals surface area contributed by atoms with Crippen LogP contribution >= 0.6 is 0 Å². The molecule has 2 rings (SSSR count). The monoisotopic (exact) mass is 353 g/mol. The summed E-state index contributed by atoms with van der Waals surface area (Å²) in [5.41, 5.74) is 0.869. The standard InChI is InChI=1S/C18H22F3N3O/c1-5-13(4)25-16-14(18(19,20)21)11-22-17(23-16)24(6-2)15-10-8-7-9-12(15)3/h7-11,13H,5-6H2,1-4H3. The zero-order valence-electron chi connectivity index (χ0n) is 14.8. The van der Waals surface area contributed by atoms with Gasteiger partial charge in [0.15, 0.2) is 0 Å². The number of hydrogen-bond acceptors (Lipinski definition) is 4. The summed E-state index contributed by atoms with van der Waals surface area (Å²) in [6.07, 6.45) is -3.58. The lowest BCUT2D eigenvalue weighted by Crippen LogP contribution is -2.22. The van der Waals surface area contributed by atoms with Crippen LogP contribution in [-0.2, 0) is 6.18 Å². The highest BCUT2D eigenvalue weighted by Gasteiger charge is 2.37. The van der Waals surface area contributed by atoms with Crippen LogP contribution in [0.3, 0.4) is 0 Å². The number of aryl methyl sites for hydroxylation is 1. The van der Waals surface area contributed by atoms with Crippen molar-refractivity contribution in [2.24, 2.45) is 0 Å². The lowest BCUT2D eigenvalue weighted by molar-refractivity contribution is -0.139. The van der Waals surface area contributed by atoms with Gasteiger partial charge in [-0.25, -0.2) is 4.98 Å². The Kier molecular flexibility index (Phi) is 5.87. The van der Waals surface area contributed by atoms with E-state index in [1.807, 2.05) is 45.0 Å². The number of anilines is 2. The van der Waals surface area contributed by atoms with Crippen molar-refractivity contribution in [2.75, 3.05) is 11.4 Å². The van der Waals surface area contributed by atoms with Crippen molar-refractivity contribution in [2.45, 2.75) is 46.4 Å². The van der Waals surface area contributed by atoms with Crippen molar-refractivity contribution < 1.29 is 17.9 Å². The summed E-state index contributed by atoms with van der Waals surface area (Å²) in [7, 11) is 0. The van der Waals surface area contributed by atoms with Crippen LogP contribution in [0.4, 0.5) is 24.8 Å². The van der Waals surface area contributed by atoms with E-state index in [4.69, 9.17) is 4.74 Å². The Morgan fingerprint density at radius 2 is 1.88 bits per heavy atom. The first-order valence-corrected chi connectivity index (χ1v) is 8.22. The Labute approximate surface area is 145 Å². The van der Waals surface area contributed by atoms with Crippen molar-refractivity contribution in [3.8, 4) is 5.88 Å². The number of rotatable bonds is 6. The second-order valence-corrected chi connectivity index (χ2v) is 5.75. The molecule has 0 saturated carbocycles. The number of nitrogens with zero attached hydrogens (tertiary/aromatic N) is 3. The predicted octanol–water partition coefficient (Wildman–Crippen LogP) is 5.14. The van der Waals surface area contributed by atoms with E-state index < -0.39 is 17.6 Å². The lowest BCUT2D eigenvalue weighted by Gasteiger charge is -2.24. The molecule has 2 aromatic rings. The fourth-order valence-corrected chi connectivity index (χ4v) is 2.33. The van der Waals surface area contributed by atoms with Gasteiger partial charge >= 0.3 is 6.18 Å². The summed E-state index contributed by atoms with van der Waals surface area (Å²) in [6, 6.07) is 7.58. The average Bonchev–Trinajstić information content (AvgIpc) is 2.56. The van der Waals surface area contributed by atoms with Gasteiger partial charge in [-0.1, -0.05) is 25.1 Å². The maximum atomic E-state index is 13.2. The van der Waals surface area contributed by atoms with Gasteiger partial charge in [0.25, 0.3) is 0 Å². The Morgan fingerprint density at radius 3 is 2.44 bits per heavy atom. The van der Waals surface area contributed by atoms with Gasteiger partial charge in [0, 0.05) is 18.4 Å². The Hall–Kier alpha value is -2.31. The third-order valence-electron chi connectivity index (χ3n) is 3.90. The van der Waals surface area contributed by atoms with Gasteiger partial charge < -0.3 is 9.64 Å². The SMILES string of the molecule is CCC(C)Oc1nc(N(CC)c2ccccc2C)ncc1C(F)(F)F. The topological polar surface area (TPSA) is 38.2 Å². The first kappa shape index (κ1) is 19.0. The van der Waals surface area contributed by atoms with Crippen molar-refractivity contribution in [3.05, 3.63) is 41.6 Å². The van der Waals surface area contributed by atoms with Gasteiger partial charge in [-0.3, -0.25) is 0 Å². The van der Waals surface area contributed by atoms with E-state index in [0.29, 0.717) is 13.0 Å². The Bertz CT molecular complexity index is 719. The van der Waals surface area contributed by atoms with Crippen molar-refractivity contribution in [1.82, 2.24) is 9.97 Å². The van der Waals surface area contributed by atoms with Crippen LogP contribution in [0.15, 0.2) is 30.5 Å². The summed E-state index contributed by atoms with van der Waals surface area (Å²) in [5.74, 6) is -0.248. The maximum Gasteiger partial charge on any atom is 0.423 e. The van der Waals surface area contributed by atoms with Gasteiger partial charge in [-0.2, -0.15) is 18.2 Å². The zero-order chi connectivity index (χ0) is 18.6. The summed E-state index contributed by atoms with van der Waals surface area (Å²) >= 11 is 0. The molecule has 4 nitrogen and oxygen atoms in total. The summed E-state index contributed by atoms with van der Waals surface area (Å²) < 4.78 is 45.1. The number of halogens is 3. The highest BCUT2D eigenvalue weighted by molar-refractivity contribution is 5.61. The summed E-state index contributed by atoms with van der Waals surface area (Å²) in [4.78, 5) is 9.79. The van der Waals surface area contributed by atoms with E-state index >= 15 is 0 Å². The van der Waals surface area contributed by atoms with Crippen molar-refractivity contribution in [1.29, 1.82) is 0 Å². The molecule has 7 heteroatoms. The zero-order valence-corrected chi connectivity index (χ0v) is 14.8. The molecule has 0 aliphatic carbocycles. The smallest absolute Gasteiger partial charge is 0.423 e. The number of aromatic nitrogens is 2. The molecule has 136 valence electrons. The molecular weight excluding hydrogens is 331 g/mol. The second kappa shape index (κ2) is 7.72. The minimum absolute atomic E-state index is 0.183. The third kappa shape index (κ3) is 4.41. The minimum atomic E-state index is -4.57. The molecule has 1 aromatic carbocycles. The molecule has 1 unspecified atom stereocenters. The molecule has 0 radical (unpaired) electrons. The van der Waals surface area contributed by atoms with E-state index in [0.717, 1.165) is 17.4 Å². The number of ether oxygens (including phenoxy) is 1. The quantitative estimate of drug-likeness (QED) is 0.721. The van der Waals surface area contributed by atoms with Crippen LogP contribution < -0.4 is 9.64 Å². The molecule has 0 aliphatic rings. The number of benzene rings is 1. The fourth-order valence-electron chi connectivity index (χ4n) is 2.33. The molecule has 0 spiro atoms. The third-order valence-corrected chi connectivity index (χ3v) is 3.90. The van der Waals surface area contributed by atoms with E-state index in [2.05, 4.69) is 9.97 Å². The summed E-state index contributed by atoms with van der Waals surface area (Å²) in [5, 5.41) is 0. The van der Waals surface area contributed by atoms with Gasteiger partial charge in [0.05, 0.1) is 6.10 Å². The van der Waals surface area contributed by atoms with Crippen LogP contribution in [0.2, 0.25) is 0 Å². The molecule has 1 heterocycles. The lowest BCUT2D eigenvalue weighted by atomic mass is 10.2. The van der Waals surface area contributed by atoms with Crippen LogP contribution in [0, 0.1) is 6.92 Å². The van der Waals surface area contributed by atoms with Crippen LogP contribution in [-0.4, -0.2) is 22.6 Å².